The second kappa shape index (κ2) is 7.78. The first-order valence-electron chi connectivity index (χ1n) is 10.1. The van der Waals surface area contributed by atoms with Crippen molar-refractivity contribution in [2.45, 2.75) is 38.8 Å². The molecule has 1 amide bonds. The number of hydrogen-bond acceptors (Lipinski definition) is 6. The molecule has 1 aromatic carbocycles. The lowest BCUT2D eigenvalue weighted by Gasteiger charge is -2.32. The van der Waals surface area contributed by atoms with Gasteiger partial charge < -0.3 is 14.8 Å². The molecular formula is C20H26N4O4S. The van der Waals surface area contributed by atoms with E-state index >= 15 is 0 Å². The van der Waals surface area contributed by atoms with E-state index in [1.54, 1.807) is 4.57 Å². The van der Waals surface area contributed by atoms with Gasteiger partial charge in [-0.1, -0.05) is 12.1 Å². The number of piperidine rings is 1. The topological polar surface area (TPSA) is 101 Å². The lowest BCUT2D eigenvalue weighted by atomic mass is 9.95. The largest absolute Gasteiger partial charge is 0.352 e. The third kappa shape index (κ3) is 4.01. The summed E-state index contributed by atoms with van der Waals surface area (Å²) in [6.07, 6.45) is 1.72. The molecular weight excluding hydrogens is 392 g/mol. The van der Waals surface area contributed by atoms with Crippen molar-refractivity contribution < 1.29 is 13.2 Å². The summed E-state index contributed by atoms with van der Waals surface area (Å²) in [5.74, 6) is 0.377. The molecule has 0 saturated carbocycles. The van der Waals surface area contributed by atoms with E-state index in [0.717, 1.165) is 11.0 Å². The van der Waals surface area contributed by atoms with Crippen molar-refractivity contribution in [1.29, 1.82) is 0 Å². The van der Waals surface area contributed by atoms with Gasteiger partial charge in [0.2, 0.25) is 5.91 Å². The number of aryl methyl sites for hydroxylation is 1. The molecule has 2 aliphatic heterocycles. The van der Waals surface area contributed by atoms with Crippen molar-refractivity contribution >= 4 is 32.6 Å². The van der Waals surface area contributed by atoms with Crippen LogP contribution in [0.15, 0.2) is 29.1 Å². The number of nitrogens with zero attached hydrogens (tertiary/aromatic N) is 3. The van der Waals surface area contributed by atoms with Gasteiger partial charge >= 0.3 is 0 Å². The summed E-state index contributed by atoms with van der Waals surface area (Å²) in [5.41, 5.74) is 1.50. The Bertz CT molecular complexity index is 1090. The number of nitrogens with one attached hydrogen (secondary N) is 1. The summed E-state index contributed by atoms with van der Waals surface area (Å²) in [6.45, 7) is 3.66. The first kappa shape index (κ1) is 19.9. The SMILES string of the molecule is CCn1c(=O)c(N2CCC(C(=O)N[C@H]3CCS(=O)(=O)C3)CC2)nc2ccccc21. The van der Waals surface area contributed by atoms with Crippen LogP contribution in [0.5, 0.6) is 0 Å². The molecule has 0 spiro atoms. The van der Waals surface area contributed by atoms with E-state index < -0.39 is 9.84 Å². The van der Waals surface area contributed by atoms with Gasteiger partial charge in [-0.3, -0.25) is 9.59 Å². The summed E-state index contributed by atoms with van der Waals surface area (Å²) in [4.78, 5) is 32.1. The summed E-state index contributed by atoms with van der Waals surface area (Å²) in [5, 5.41) is 2.89. The number of benzene rings is 1. The van der Waals surface area contributed by atoms with E-state index in [9.17, 15) is 18.0 Å². The monoisotopic (exact) mass is 418 g/mol. The molecule has 8 nitrogen and oxygen atoms in total. The van der Waals surface area contributed by atoms with Gasteiger partial charge in [-0.25, -0.2) is 13.4 Å². The number of aromatic nitrogens is 2. The molecule has 0 unspecified atom stereocenters. The minimum absolute atomic E-state index is 0.0369. The number of sulfone groups is 1. The first-order valence-corrected chi connectivity index (χ1v) is 12.0. The minimum Gasteiger partial charge on any atom is -0.352 e. The van der Waals surface area contributed by atoms with Gasteiger partial charge in [0.1, 0.15) is 0 Å². The highest BCUT2D eigenvalue weighted by molar-refractivity contribution is 7.91. The van der Waals surface area contributed by atoms with Crippen LogP contribution in [0.25, 0.3) is 11.0 Å². The standard InChI is InChI=1S/C20H26N4O4S/c1-2-24-17-6-4-3-5-16(17)22-18(20(24)26)23-10-7-14(8-11-23)19(25)21-15-9-12-29(27,28)13-15/h3-6,14-15H,2,7-13H2,1H3,(H,21,25)/t15-/m0/s1. The first-order chi connectivity index (χ1) is 13.9. The molecule has 3 heterocycles. The fraction of sp³-hybridized carbons (Fsp3) is 0.550. The van der Waals surface area contributed by atoms with Crippen molar-refractivity contribution in [3.8, 4) is 0 Å². The number of rotatable bonds is 4. The Balaban J connectivity index is 1.45. The molecule has 2 fully saturated rings. The van der Waals surface area contributed by atoms with Crippen LogP contribution in [-0.2, 0) is 21.2 Å². The van der Waals surface area contributed by atoms with Gasteiger partial charge in [-0.2, -0.15) is 0 Å². The molecule has 0 bridgehead atoms. The number of carbonyl (C=O) groups is 1. The van der Waals surface area contributed by atoms with E-state index in [1.165, 1.54) is 0 Å². The number of para-hydroxylation sites is 2. The number of anilines is 1. The van der Waals surface area contributed by atoms with Crippen LogP contribution in [-0.4, -0.2) is 54.5 Å². The van der Waals surface area contributed by atoms with Crippen LogP contribution in [0.1, 0.15) is 26.2 Å². The van der Waals surface area contributed by atoms with Gasteiger partial charge in [-0.15, -0.1) is 0 Å². The maximum atomic E-state index is 12.9. The average molecular weight is 419 g/mol. The Morgan fingerprint density at radius 2 is 1.93 bits per heavy atom. The fourth-order valence-corrected chi connectivity index (χ4v) is 5.95. The molecule has 2 aromatic rings. The zero-order chi connectivity index (χ0) is 20.6. The van der Waals surface area contributed by atoms with Gasteiger partial charge in [0, 0.05) is 31.6 Å². The molecule has 1 atom stereocenters. The van der Waals surface area contributed by atoms with Crippen LogP contribution in [0, 0.1) is 5.92 Å². The van der Waals surface area contributed by atoms with Crippen LogP contribution < -0.4 is 15.8 Å². The van der Waals surface area contributed by atoms with Crippen LogP contribution in [0.4, 0.5) is 5.82 Å². The summed E-state index contributed by atoms with van der Waals surface area (Å²) in [7, 11) is -3.01. The normalized spacial score (nSPS) is 22.1. The van der Waals surface area contributed by atoms with E-state index in [-0.39, 0.29) is 34.9 Å². The Morgan fingerprint density at radius 3 is 2.59 bits per heavy atom. The zero-order valence-corrected chi connectivity index (χ0v) is 17.3. The third-order valence-electron chi connectivity index (χ3n) is 5.90. The molecule has 156 valence electrons. The Labute approximate surface area is 169 Å². The predicted octanol–water partition coefficient (Wildman–Crippen LogP) is 0.936. The van der Waals surface area contributed by atoms with Crippen molar-refractivity contribution in [3.05, 3.63) is 34.6 Å². The van der Waals surface area contributed by atoms with Crippen molar-refractivity contribution in [3.63, 3.8) is 0 Å². The lowest BCUT2D eigenvalue weighted by Crippen LogP contribution is -2.45. The molecule has 9 heteroatoms. The molecule has 4 rings (SSSR count). The highest BCUT2D eigenvalue weighted by Gasteiger charge is 2.32. The number of hydrogen-bond donors (Lipinski definition) is 1. The minimum atomic E-state index is -3.01. The molecule has 29 heavy (non-hydrogen) atoms. The third-order valence-corrected chi connectivity index (χ3v) is 7.66. The molecule has 1 N–H and O–H groups in total. The lowest BCUT2D eigenvalue weighted by molar-refractivity contribution is -0.126. The quantitative estimate of drug-likeness (QED) is 0.793. The van der Waals surface area contributed by atoms with Crippen LogP contribution in [0.2, 0.25) is 0 Å². The maximum Gasteiger partial charge on any atom is 0.293 e. The molecule has 0 aliphatic carbocycles. The molecule has 1 aromatic heterocycles. The highest BCUT2D eigenvalue weighted by Crippen LogP contribution is 2.23. The number of amides is 1. The zero-order valence-electron chi connectivity index (χ0n) is 16.5. The maximum absolute atomic E-state index is 12.9. The van der Waals surface area contributed by atoms with Gasteiger partial charge in [-0.05, 0) is 38.3 Å². The smallest absolute Gasteiger partial charge is 0.293 e. The number of fused-ring (bicyclic) bond motifs is 1. The Hall–Kier alpha value is -2.42. The average Bonchev–Trinajstić information content (AvgIpc) is 3.06. The van der Waals surface area contributed by atoms with E-state index in [0.29, 0.717) is 44.7 Å². The summed E-state index contributed by atoms with van der Waals surface area (Å²) < 4.78 is 24.9. The molecule has 0 radical (unpaired) electrons. The van der Waals surface area contributed by atoms with Crippen molar-refractivity contribution in [2.75, 3.05) is 29.5 Å². The second-order valence-electron chi connectivity index (χ2n) is 7.84. The Morgan fingerprint density at radius 1 is 1.21 bits per heavy atom. The van der Waals surface area contributed by atoms with Gasteiger partial charge in [0.05, 0.1) is 22.5 Å². The molecule has 2 saturated heterocycles. The van der Waals surface area contributed by atoms with E-state index in [2.05, 4.69) is 10.3 Å². The van der Waals surface area contributed by atoms with E-state index in [1.807, 2.05) is 36.1 Å². The molecule has 2 aliphatic rings. The van der Waals surface area contributed by atoms with Gasteiger partial charge in [0.25, 0.3) is 5.56 Å². The van der Waals surface area contributed by atoms with Crippen molar-refractivity contribution in [2.24, 2.45) is 5.92 Å². The van der Waals surface area contributed by atoms with Crippen LogP contribution >= 0.6 is 0 Å². The van der Waals surface area contributed by atoms with E-state index in [4.69, 9.17) is 0 Å². The fourth-order valence-electron chi connectivity index (χ4n) is 4.28. The predicted molar refractivity (Wildman–Crippen MR) is 112 cm³/mol. The summed E-state index contributed by atoms with van der Waals surface area (Å²) in [6, 6.07) is 7.33. The van der Waals surface area contributed by atoms with Gasteiger partial charge in [0.15, 0.2) is 15.7 Å². The summed E-state index contributed by atoms with van der Waals surface area (Å²) >= 11 is 0. The second-order valence-corrected chi connectivity index (χ2v) is 10.1. The Kier molecular flexibility index (Phi) is 5.33. The van der Waals surface area contributed by atoms with Crippen LogP contribution in [0.3, 0.4) is 0 Å². The number of carbonyl (C=O) groups excluding carboxylic acids is 1. The highest BCUT2D eigenvalue weighted by atomic mass is 32.2. The van der Waals surface area contributed by atoms with Crippen molar-refractivity contribution in [1.82, 2.24) is 14.9 Å².